The van der Waals surface area contributed by atoms with E-state index >= 15 is 0 Å². The van der Waals surface area contributed by atoms with E-state index in [1.165, 1.54) is 12.1 Å². The molecule has 3 aromatic rings. The number of halogens is 1. The second-order valence-electron chi connectivity index (χ2n) is 6.30. The number of carbonyl (C=O) groups excluding carboxylic acids is 1. The second-order valence-corrected chi connectivity index (χ2v) is 7.18. The summed E-state index contributed by atoms with van der Waals surface area (Å²) in [6.45, 7) is 1.64. The number of benzene rings is 2. The topological polar surface area (TPSA) is 54.5 Å². The summed E-state index contributed by atoms with van der Waals surface area (Å²) < 4.78 is 18.7. The Balaban J connectivity index is 1.38. The quantitative estimate of drug-likeness (QED) is 0.721. The van der Waals surface area contributed by atoms with Gasteiger partial charge in [0, 0.05) is 36.3 Å². The van der Waals surface area contributed by atoms with Crippen molar-refractivity contribution in [3.8, 4) is 11.5 Å². The average Bonchev–Trinajstić information content (AvgIpc) is 3.35. The second kappa shape index (κ2) is 7.75. The molecule has 4 rings (SSSR count). The Morgan fingerprint density at radius 2 is 2.07 bits per heavy atom. The summed E-state index contributed by atoms with van der Waals surface area (Å²) in [5.74, 6) is 0.596. The molecule has 1 amide bonds. The van der Waals surface area contributed by atoms with E-state index in [1.54, 1.807) is 53.9 Å². The molecular weight excluding hydrogens is 365 g/mol. The number of nitrogens with zero attached hydrogens (tertiary/aromatic N) is 2. The van der Waals surface area contributed by atoms with Crippen molar-refractivity contribution < 1.29 is 13.9 Å². The van der Waals surface area contributed by atoms with E-state index < -0.39 is 0 Å². The number of amides is 1. The molecule has 1 aromatic heterocycles. The SMILES string of the molecule is O=C(NC1CCN(c2nccs2)C1)c1cccc(Oc2ccc(F)cc2)c1. The number of anilines is 1. The lowest BCUT2D eigenvalue weighted by Crippen LogP contribution is -2.37. The molecular formula is C20H18FN3O2S. The van der Waals surface area contributed by atoms with E-state index in [0.717, 1.165) is 24.6 Å². The molecule has 1 atom stereocenters. The first-order chi connectivity index (χ1) is 13.2. The van der Waals surface area contributed by atoms with Crippen LogP contribution in [0.1, 0.15) is 16.8 Å². The first-order valence-electron chi connectivity index (χ1n) is 8.66. The van der Waals surface area contributed by atoms with E-state index in [2.05, 4.69) is 15.2 Å². The standard InChI is InChI=1S/C20H18FN3O2S/c21-15-4-6-17(7-5-15)26-18-3-1-2-14(12-18)19(25)23-16-8-10-24(13-16)20-22-9-11-27-20/h1-7,9,11-12,16H,8,10,13H2,(H,23,25). The van der Waals surface area contributed by atoms with Crippen LogP contribution in [0.2, 0.25) is 0 Å². The summed E-state index contributed by atoms with van der Waals surface area (Å²) >= 11 is 1.60. The van der Waals surface area contributed by atoms with Gasteiger partial charge < -0.3 is 15.0 Å². The summed E-state index contributed by atoms with van der Waals surface area (Å²) in [5.41, 5.74) is 0.530. The fraction of sp³-hybridized carbons (Fsp3) is 0.200. The molecule has 1 aliphatic heterocycles. The molecule has 1 fully saturated rings. The maximum atomic E-state index is 13.0. The van der Waals surface area contributed by atoms with Crippen LogP contribution < -0.4 is 15.0 Å². The van der Waals surface area contributed by atoms with E-state index in [-0.39, 0.29) is 17.8 Å². The third kappa shape index (κ3) is 4.25. The molecule has 1 N–H and O–H groups in total. The van der Waals surface area contributed by atoms with Gasteiger partial charge in [-0.3, -0.25) is 4.79 Å². The Bertz CT molecular complexity index is 915. The molecule has 0 aliphatic carbocycles. The van der Waals surface area contributed by atoms with Crippen LogP contribution in [0.25, 0.3) is 0 Å². The number of carbonyl (C=O) groups is 1. The lowest BCUT2D eigenvalue weighted by Gasteiger charge is -2.16. The fourth-order valence-electron chi connectivity index (χ4n) is 3.03. The van der Waals surface area contributed by atoms with Gasteiger partial charge >= 0.3 is 0 Å². The van der Waals surface area contributed by atoms with Gasteiger partial charge in [0.05, 0.1) is 0 Å². The summed E-state index contributed by atoms with van der Waals surface area (Å²) in [7, 11) is 0. The molecule has 2 aromatic carbocycles. The Hall–Kier alpha value is -2.93. The predicted molar refractivity (Wildman–Crippen MR) is 103 cm³/mol. The molecule has 5 nitrogen and oxygen atoms in total. The molecule has 0 radical (unpaired) electrons. The van der Waals surface area contributed by atoms with Crippen LogP contribution in [0.5, 0.6) is 11.5 Å². The van der Waals surface area contributed by atoms with E-state index in [1.807, 2.05) is 5.38 Å². The maximum absolute atomic E-state index is 13.0. The summed E-state index contributed by atoms with van der Waals surface area (Å²) in [4.78, 5) is 19.1. The van der Waals surface area contributed by atoms with Crippen molar-refractivity contribution in [2.24, 2.45) is 0 Å². The highest BCUT2D eigenvalue weighted by Crippen LogP contribution is 2.24. The van der Waals surface area contributed by atoms with Crippen LogP contribution in [-0.2, 0) is 0 Å². The van der Waals surface area contributed by atoms with Gasteiger partial charge in [-0.1, -0.05) is 6.07 Å². The van der Waals surface area contributed by atoms with Gasteiger partial charge in [0.1, 0.15) is 17.3 Å². The molecule has 2 heterocycles. The first kappa shape index (κ1) is 17.5. The molecule has 7 heteroatoms. The highest BCUT2D eigenvalue weighted by molar-refractivity contribution is 7.13. The van der Waals surface area contributed by atoms with Crippen LogP contribution in [-0.4, -0.2) is 30.0 Å². The van der Waals surface area contributed by atoms with Crippen LogP contribution in [0.3, 0.4) is 0 Å². The highest BCUT2D eigenvalue weighted by atomic mass is 32.1. The highest BCUT2D eigenvalue weighted by Gasteiger charge is 2.25. The van der Waals surface area contributed by atoms with Gasteiger partial charge in [0.25, 0.3) is 5.91 Å². The zero-order valence-corrected chi connectivity index (χ0v) is 15.3. The minimum Gasteiger partial charge on any atom is -0.457 e. The van der Waals surface area contributed by atoms with Crippen molar-refractivity contribution in [1.29, 1.82) is 0 Å². The average molecular weight is 383 g/mol. The van der Waals surface area contributed by atoms with Gasteiger partial charge in [0.15, 0.2) is 5.13 Å². The van der Waals surface area contributed by atoms with Gasteiger partial charge in [0.2, 0.25) is 0 Å². The van der Waals surface area contributed by atoms with E-state index in [4.69, 9.17) is 4.74 Å². The zero-order valence-electron chi connectivity index (χ0n) is 14.5. The number of rotatable bonds is 5. The van der Waals surface area contributed by atoms with Crippen molar-refractivity contribution in [3.05, 3.63) is 71.5 Å². The van der Waals surface area contributed by atoms with Gasteiger partial charge in [-0.15, -0.1) is 11.3 Å². The van der Waals surface area contributed by atoms with Crippen LogP contribution in [0, 0.1) is 5.82 Å². The molecule has 1 saturated heterocycles. The monoisotopic (exact) mass is 383 g/mol. The van der Waals surface area contributed by atoms with Crippen LogP contribution >= 0.6 is 11.3 Å². The van der Waals surface area contributed by atoms with Gasteiger partial charge in [-0.05, 0) is 48.9 Å². The number of hydrogen-bond donors (Lipinski definition) is 1. The molecule has 1 aliphatic rings. The minimum absolute atomic E-state index is 0.0862. The van der Waals surface area contributed by atoms with E-state index in [9.17, 15) is 9.18 Å². The number of hydrogen-bond acceptors (Lipinski definition) is 5. The summed E-state index contributed by atoms with van der Waals surface area (Å²) in [6.07, 6.45) is 2.68. The molecule has 0 saturated carbocycles. The van der Waals surface area contributed by atoms with Crippen molar-refractivity contribution in [1.82, 2.24) is 10.3 Å². The fourth-order valence-corrected chi connectivity index (χ4v) is 3.71. The molecule has 0 spiro atoms. The third-order valence-electron chi connectivity index (χ3n) is 4.36. The Labute approximate surface area is 160 Å². The lowest BCUT2D eigenvalue weighted by atomic mass is 10.1. The van der Waals surface area contributed by atoms with Crippen molar-refractivity contribution >= 4 is 22.4 Å². The predicted octanol–water partition coefficient (Wildman–Crippen LogP) is 4.08. The van der Waals surface area contributed by atoms with Crippen LogP contribution in [0.15, 0.2) is 60.1 Å². The van der Waals surface area contributed by atoms with Crippen molar-refractivity contribution in [2.45, 2.75) is 12.5 Å². The first-order valence-corrected chi connectivity index (χ1v) is 9.54. The zero-order chi connectivity index (χ0) is 18.6. The molecule has 1 unspecified atom stereocenters. The number of aromatic nitrogens is 1. The summed E-state index contributed by atoms with van der Waals surface area (Å²) in [5, 5.41) is 6.02. The number of nitrogens with one attached hydrogen (secondary N) is 1. The van der Waals surface area contributed by atoms with Crippen LogP contribution in [0.4, 0.5) is 9.52 Å². The summed E-state index contributed by atoms with van der Waals surface area (Å²) in [6, 6.07) is 12.8. The minimum atomic E-state index is -0.321. The molecule has 27 heavy (non-hydrogen) atoms. The van der Waals surface area contributed by atoms with Crippen molar-refractivity contribution in [3.63, 3.8) is 0 Å². The van der Waals surface area contributed by atoms with E-state index in [0.29, 0.717) is 17.1 Å². The maximum Gasteiger partial charge on any atom is 0.251 e. The number of ether oxygens (including phenoxy) is 1. The smallest absolute Gasteiger partial charge is 0.251 e. The van der Waals surface area contributed by atoms with Crippen molar-refractivity contribution in [2.75, 3.05) is 18.0 Å². The van der Waals surface area contributed by atoms with Gasteiger partial charge in [-0.25, -0.2) is 9.37 Å². The number of thiazole rings is 1. The largest absolute Gasteiger partial charge is 0.457 e. The Morgan fingerprint density at radius 3 is 2.85 bits per heavy atom. The molecule has 0 bridgehead atoms. The Morgan fingerprint density at radius 1 is 1.22 bits per heavy atom. The third-order valence-corrected chi connectivity index (χ3v) is 5.19. The van der Waals surface area contributed by atoms with Gasteiger partial charge in [-0.2, -0.15) is 0 Å². The Kier molecular flexibility index (Phi) is 5.02. The molecule has 138 valence electrons. The lowest BCUT2D eigenvalue weighted by molar-refractivity contribution is 0.0940. The normalized spacial score (nSPS) is 16.3.